The Morgan fingerprint density at radius 2 is 1.75 bits per heavy atom. The molecule has 0 bridgehead atoms. The summed E-state index contributed by atoms with van der Waals surface area (Å²) in [6.07, 6.45) is 6.94. The van der Waals surface area contributed by atoms with Gasteiger partial charge < -0.3 is 14.6 Å². The summed E-state index contributed by atoms with van der Waals surface area (Å²) < 4.78 is 7.92. The molecule has 3 rings (SSSR count). The largest absolute Gasteiger partial charge is 0.382 e. The Balaban J connectivity index is 1.73. The fourth-order valence-corrected chi connectivity index (χ4v) is 3.02. The average molecular weight is 270 g/mol. The first-order chi connectivity index (χ1) is 9.70. The van der Waals surface area contributed by atoms with Crippen LogP contribution in [0.3, 0.4) is 0 Å². The molecule has 106 valence electrons. The summed E-state index contributed by atoms with van der Waals surface area (Å²) in [4.78, 5) is 0. The van der Waals surface area contributed by atoms with Crippen molar-refractivity contribution in [2.45, 2.75) is 44.9 Å². The Kier molecular flexibility index (Phi) is 3.79. The second-order valence-corrected chi connectivity index (χ2v) is 5.71. The quantitative estimate of drug-likeness (QED) is 0.917. The zero-order chi connectivity index (χ0) is 13.9. The molecule has 0 amide bonds. The molecule has 1 saturated heterocycles. The molecule has 1 fully saturated rings. The van der Waals surface area contributed by atoms with Crippen LogP contribution in [0.15, 0.2) is 48.8 Å². The van der Waals surface area contributed by atoms with E-state index in [-0.39, 0.29) is 0 Å². The molecule has 20 heavy (non-hydrogen) atoms. The Hall–Kier alpha value is -1.74. The van der Waals surface area contributed by atoms with Crippen molar-refractivity contribution in [1.82, 2.24) is 4.57 Å². The minimum Gasteiger partial charge on any atom is -0.382 e. The fraction of sp³-hybridized carbons (Fsp3) is 0.412. The highest BCUT2D eigenvalue weighted by atomic mass is 16.5. The van der Waals surface area contributed by atoms with Crippen molar-refractivity contribution in [3.8, 4) is 5.69 Å². The number of rotatable bonds is 3. The number of benzene rings is 1. The van der Waals surface area contributed by atoms with Crippen LogP contribution in [0.2, 0.25) is 0 Å². The first-order valence-electron chi connectivity index (χ1n) is 7.36. The van der Waals surface area contributed by atoms with Gasteiger partial charge in [-0.25, -0.2) is 0 Å². The van der Waals surface area contributed by atoms with E-state index in [1.807, 2.05) is 12.1 Å². The molecule has 3 heteroatoms. The van der Waals surface area contributed by atoms with Crippen molar-refractivity contribution in [1.29, 1.82) is 0 Å². The summed E-state index contributed by atoms with van der Waals surface area (Å²) in [5.74, 6) is 0. The highest BCUT2D eigenvalue weighted by molar-refractivity contribution is 5.52. The van der Waals surface area contributed by atoms with Crippen LogP contribution in [-0.4, -0.2) is 22.8 Å². The van der Waals surface area contributed by atoms with Crippen molar-refractivity contribution in [3.05, 3.63) is 48.8 Å². The van der Waals surface area contributed by atoms with Crippen LogP contribution < -0.4 is 5.32 Å². The summed E-state index contributed by atoms with van der Waals surface area (Å²) in [5, 5.41) is 3.65. The number of aromatic nitrogens is 1. The van der Waals surface area contributed by atoms with E-state index in [9.17, 15) is 0 Å². The van der Waals surface area contributed by atoms with Crippen molar-refractivity contribution in [2.75, 3.05) is 5.32 Å². The maximum absolute atomic E-state index is 5.79. The molecule has 2 unspecified atom stereocenters. The SMILES string of the molecule is CC1CC(Nc2cccc(-n3cccc3)c2)CC(C)O1. The van der Waals surface area contributed by atoms with E-state index in [0.717, 1.165) is 12.8 Å². The van der Waals surface area contributed by atoms with Crippen molar-refractivity contribution in [3.63, 3.8) is 0 Å². The van der Waals surface area contributed by atoms with E-state index in [2.05, 4.69) is 60.4 Å². The van der Waals surface area contributed by atoms with Crippen LogP contribution in [0.1, 0.15) is 26.7 Å². The predicted octanol–water partition coefficient (Wildman–Crippen LogP) is 3.85. The van der Waals surface area contributed by atoms with Gasteiger partial charge in [-0.2, -0.15) is 0 Å². The minimum atomic E-state index is 0.337. The van der Waals surface area contributed by atoms with Gasteiger partial charge in [0.2, 0.25) is 0 Å². The summed E-state index contributed by atoms with van der Waals surface area (Å²) in [5.41, 5.74) is 2.37. The van der Waals surface area contributed by atoms with Gasteiger partial charge in [-0.1, -0.05) is 6.07 Å². The van der Waals surface area contributed by atoms with E-state index in [0.29, 0.717) is 18.2 Å². The monoisotopic (exact) mass is 270 g/mol. The standard InChI is InChI=1S/C17H22N2O/c1-13-10-16(11-14(2)20-13)18-15-6-5-7-17(12-15)19-8-3-4-9-19/h3-9,12-14,16,18H,10-11H2,1-2H3. The van der Waals surface area contributed by atoms with Gasteiger partial charge in [0.1, 0.15) is 0 Å². The maximum Gasteiger partial charge on any atom is 0.0570 e. The number of ether oxygens (including phenoxy) is 1. The van der Waals surface area contributed by atoms with E-state index in [1.54, 1.807) is 0 Å². The molecular formula is C17H22N2O. The molecule has 2 aromatic rings. The predicted molar refractivity (Wildman–Crippen MR) is 82.4 cm³/mol. The second kappa shape index (κ2) is 5.71. The van der Waals surface area contributed by atoms with Gasteiger partial charge in [-0.3, -0.25) is 0 Å². The van der Waals surface area contributed by atoms with E-state index < -0.39 is 0 Å². The lowest BCUT2D eigenvalue weighted by molar-refractivity contribution is -0.0337. The van der Waals surface area contributed by atoms with Gasteiger partial charge in [-0.05, 0) is 57.0 Å². The highest BCUT2D eigenvalue weighted by Gasteiger charge is 2.24. The first-order valence-corrected chi connectivity index (χ1v) is 7.36. The molecule has 1 aliphatic heterocycles. The maximum atomic E-state index is 5.79. The highest BCUT2D eigenvalue weighted by Crippen LogP contribution is 2.23. The number of hydrogen-bond acceptors (Lipinski definition) is 2. The molecule has 0 saturated carbocycles. The molecular weight excluding hydrogens is 248 g/mol. The lowest BCUT2D eigenvalue weighted by Gasteiger charge is -2.33. The third-order valence-corrected chi connectivity index (χ3v) is 3.82. The van der Waals surface area contributed by atoms with Crippen molar-refractivity contribution >= 4 is 5.69 Å². The molecule has 3 nitrogen and oxygen atoms in total. The Bertz CT molecular complexity index is 540. The van der Waals surface area contributed by atoms with Crippen molar-refractivity contribution < 1.29 is 4.74 Å². The number of hydrogen-bond donors (Lipinski definition) is 1. The lowest BCUT2D eigenvalue weighted by atomic mass is 9.99. The minimum absolute atomic E-state index is 0.337. The zero-order valence-electron chi connectivity index (χ0n) is 12.1. The number of nitrogens with zero attached hydrogens (tertiary/aromatic N) is 1. The average Bonchev–Trinajstić information content (AvgIpc) is 2.91. The summed E-state index contributed by atoms with van der Waals surface area (Å²) >= 11 is 0. The van der Waals surface area contributed by atoms with E-state index >= 15 is 0 Å². The smallest absolute Gasteiger partial charge is 0.0570 e. The van der Waals surface area contributed by atoms with Crippen LogP contribution in [-0.2, 0) is 4.74 Å². The van der Waals surface area contributed by atoms with Gasteiger partial charge in [0, 0.05) is 29.8 Å². The molecule has 1 aromatic heterocycles. The van der Waals surface area contributed by atoms with Gasteiger partial charge >= 0.3 is 0 Å². The normalized spacial score (nSPS) is 26.4. The molecule has 2 atom stereocenters. The molecule has 0 radical (unpaired) electrons. The molecule has 1 aliphatic rings. The van der Waals surface area contributed by atoms with Gasteiger partial charge in [-0.15, -0.1) is 0 Å². The lowest BCUT2D eigenvalue weighted by Crippen LogP contribution is -2.36. The summed E-state index contributed by atoms with van der Waals surface area (Å²) in [7, 11) is 0. The molecule has 1 N–H and O–H groups in total. The van der Waals surface area contributed by atoms with Crippen LogP contribution in [0, 0.1) is 0 Å². The number of nitrogens with one attached hydrogen (secondary N) is 1. The third kappa shape index (κ3) is 3.05. The van der Waals surface area contributed by atoms with Crippen molar-refractivity contribution in [2.24, 2.45) is 0 Å². The van der Waals surface area contributed by atoms with Gasteiger partial charge in [0.25, 0.3) is 0 Å². The molecule has 1 aromatic carbocycles. The molecule has 0 aliphatic carbocycles. The Morgan fingerprint density at radius 3 is 2.45 bits per heavy atom. The summed E-state index contributed by atoms with van der Waals surface area (Å²) in [6, 6.07) is 13.1. The van der Waals surface area contributed by atoms with Crippen LogP contribution in [0.25, 0.3) is 5.69 Å². The zero-order valence-corrected chi connectivity index (χ0v) is 12.1. The van der Waals surface area contributed by atoms with Gasteiger partial charge in [0.15, 0.2) is 0 Å². The topological polar surface area (TPSA) is 26.2 Å². The number of anilines is 1. The molecule has 2 heterocycles. The van der Waals surface area contributed by atoms with E-state index in [1.165, 1.54) is 11.4 Å². The Morgan fingerprint density at radius 1 is 1.05 bits per heavy atom. The summed E-state index contributed by atoms with van der Waals surface area (Å²) in [6.45, 7) is 4.31. The first kappa shape index (κ1) is 13.3. The van der Waals surface area contributed by atoms with Gasteiger partial charge in [0.05, 0.1) is 12.2 Å². The fourth-order valence-electron chi connectivity index (χ4n) is 3.02. The molecule has 0 spiro atoms. The van der Waals surface area contributed by atoms with Crippen LogP contribution in [0.5, 0.6) is 0 Å². The van der Waals surface area contributed by atoms with Crippen LogP contribution in [0.4, 0.5) is 5.69 Å². The third-order valence-electron chi connectivity index (χ3n) is 3.82. The Labute approximate surface area is 120 Å². The van der Waals surface area contributed by atoms with Crippen LogP contribution >= 0.6 is 0 Å². The van der Waals surface area contributed by atoms with E-state index in [4.69, 9.17) is 4.74 Å². The second-order valence-electron chi connectivity index (χ2n) is 5.71.